The summed E-state index contributed by atoms with van der Waals surface area (Å²) >= 11 is 1.30. The number of aromatic carboxylic acids is 1. The third-order valence-electron chi connectivity index (χ3n) is 3.35. The largest absolute Gasteiger partial charge is 0.478 e. The highest BCUT2D eigenvalue weighted by molar-refractivity contribution is 7.17. The van der Waals surface area contributed by atoms with Gasteiger partial charge in [-0.05, 0) is 54.1 Å². The minimum absolute atomic E-state index is 0.213. The zero-order chi connectivity index (χ0) is 17.1. The van der Waals surface area contributed by atoms with Crippen LogP contribution in [-0.2, 0) is 0 Å². The van der Waals surface area contributed by atoms with Crippen molar-refractivity contribution in [3.8, 4) is 10.4 Å². The number of nitrogens with one attached hydrogen (secondary N) is 1. The number of hydrogen-bond acceptors (Lipinski definition) is 3. The van der Waals surface area contributed by atoms with Crippen molar-refractivity contribution in [1.82, 2.24) is 0 Å². The molecule has 0 radical (unpaired) electrons. The fourth-order valence-electron chi connectivity index (χ4n) is 2.12. The van der Waals surface area contributed by atoms with Gasteiger partial charge >= 0.3 is 5.97 Å². The first kappa shape index (κ1) is 15.9. The fraction of sp³-hybridized carbons (Fsp3) is 0. The van der Waals surface area contributed by atoms with Gasteiger partial charge in [-0.3, -0.25) is 4.79 Å². The Morgan fingerprint density at radius 3 is 2.21 bits per heavy atom. The van der Waals surface area contributed by atoms with E-state index in [2.05, 4.69) is 5.32 Å². The Labute approximate surface area is 141 Å². The molecule has 1 amide bonds. The average molecular weight is 341 g/mol. The summed E-state index contributed by atoms with van der Waals surface area (Å²) < 4.78 is 12.9. The van der Waals surface area contributed by atoms with E-state index in [0.717, 1.165) is 10.4 Å². The molecule has 0 saturated heterocycles. The predicted molar refractivity (Wildman–Crippen MR) is 91.1 cm³/mol. The van der Waals surface area contributed by atoms with Gasteiger partial charge in [0.15, 0.2) is 0 Å². The Bertz CT molecular complexity index is 885. The van der Waals surface area contributed by atoms with Gasteiger partial charge < -0.3 is 10.4 Å². The maximum Gasteiger partial charge on any atom is 0.335 e. The van der Waals surface area contributed by atoms with Crippen molar-refractivity contribution >= 4 is 28.9 Å². The number of carboxylic acid groups (broad SMARTS) is 1. The second-order valence-electron chi connectivity index (χ2n) is 5.01. The van der Waals surface area contributed by atoms with Crippen LogP contribution >= 0.6 is 11.3 Å². The van der Waals surface area contributed by atoms with Crippen LogP contribution < -0.4 is 5.32 Å². The maximum absolute atomic E-state index is 12.9. The average Bonchev–Trinajstić information content (AvgIpc) is 3.07. The summed E-state index contributed by atoms with van der Waals surface area (Å²) in [4.78, 5) is 24.4. The molecule has 0 atom stereocenters. The van der Waals surface area contributed by atoms with E-state index in [0.29, 0.717) is 10.6 Å². The summed E-state index contributed by atoms with van der Waals surface area (Å²) in [6, 6.07) is 15.5. The van der Waals surface area contributed by atoms with Gasteiger partial charge in [0.05, 0.1) is 10.4 Å². The summed E-state index contributed by atoms with van der Waals surface area (Å²) in [5, 5.41) is 11.6. The molecule has 0 spiro atoms. The van der Waals surface area contributed by atoms with Crippen molar-refractivity contribution in [2.24, 2.45) is 0 Å². The molecule has 3 rings (SSSR count). The lowest BCUT2D eigenvalue weighted by Gasteiger charge is -2.03. The number of anilines is 1. The van der Waals surface area contributed by atoms with Gasteiger partial charge in [0.25, 0.3) is 5.91 Å². The zero-order valence-corrected chi connectivity index (χ0v) is 13.1. The molecular weight excluding hydrogens is 329 g/mol. The molecule has 1 heterocycles. The highest BCUT2D eigenvalue weighted by atomic mass is 32.1. The SMILES string of the molecule is O=C(O)c1ccc(-c2ccc(C(=O)Nc3ccc(F)cc3)s2)cc1. The monoisotopic (exact) mass is 341 g/mol. The van der Waals surface area contributed by atoms with E-state index in [1.807, 2.05) is 0 Å². The molecule has 2 N–H and O–H groups in total. The second kappa shape index (κ2) is 6.64. The van der Waals surface area contributed by atoms with Gasteiger partial charge in [-0.2, -0.15) is 0 Å². The third kappa shape index (κ3) is 3.49. The first-order valence-electron chi connectivity index (χ1n) is 7.03. The van der Waals surface area contributed by atoms with Crippen LogP contribution in [0.5, 0.6) is 0 Å². The van der Waals surface area contributed by atoms with Crippen molar-refractivity contribution < 1.29 is 19.1 Å². The number of carboxylic acids is 1. The van der Waals surface area contributed by atoms with E-state index in [9.17, 15) is 14.0 Å². The lowest BCUT2D eigenvalue weighted by atomic mass is 10.1. The van der Waals surface area contributed by atoms with Crippen LogP contribution in [0.15, 0.2) is 60.7 Å². The fourth-order valence-corrected chi connectivity index (χ4v) is 3.02. The molecule has 0 aliphatic carbocycles. The van der Waals surface area contributed by atoms with Gasteiger partial charge in [0.1, 0.15) is 5.82 Å². The number of amides is 1. The summed E-state index contributed by atoms with van der Waals surface area (Å²) in [5.41, 5.74) is 1.57. The molecule has 0 saturated carbocycles. The summed E-state index contributed by atoms with van der Waals surface area (Å²) in [5.74, 6) is -1.62. The maximum atomic E-state index is 12.9. The molecule has 24 heavy (non-hydrogen) atoms. The van der Waals surface area contributed by atoms with Gasteiger partial charge in [-0.15, -0.1) is 11.3 Å². The minimum Gasteiger partial charge on any atom is -0.478 e. The van der Waals surface area contributed by atoms with Crippen LogP contribution in [0.4, 0.5) is 10.1 Å². The highest BCUT2D eigenvalue weighted by Gasteiger charge is 2.11. The summed E-state index contributed by atoms with van der Waals surface area (Å²) in [6.45, 7) is 0. The molecule has 2 aromatic carbocycles. The molecule has 0 fully saturated rings. The molecule has 1 aromatic heterocycles. The molecule has 3 aromatic rings. The molecular formula is C18H12FNO3S. The molecule has 0 aliphatic rings. The van der Waals surface area contributed by atoms with E-state index < -0.39 is 5.97 Å². The van der Waals surface area contributed by atoms with Crippen molar-refractivity contribution in [3.63, 3.8) is 0 Å². The molecule has 120 valence electrons. The number of benzene rings is 2. The lowest BCUT2D eigenvalue weighted by molar-refractivity contribution is 0.0696. The van der Waals surface area contributed by atoms with Crippen molar-refractivity contribution in [2.75, 3.05) is 5.32 Å². The Morgan fingerprint density at radius 2 is 1.58 bits per heavy atom. The predicted octanol–water partition coefficient (Wildman–Crippen LogP) is 4.50. The third-order valence-corrected chi connectivity index (χ3v) is 4.48. The lowest BCUT2D eigenvalue weighted by Crippen LogP contribution is -2.09. The molecule has 0 aliphatic heterocycles. The van der Waals surface area contributed by atoms with Crippen LogP contribution in [0, 0.1) is 5.82 Å². The van der Waals surface area contributed by atoms with Gasteiger partial charge in [0.2, 0.25) is 0 Å². The Morgan fingerprint density at radius 1 is 0.917 bits per heavy atom. The van der Waals surface area contributed by atoms with E-state index in [1.165, 1.54) is 47.7 Å². The van der Waals surface area contributed by atoms with Crippen LogP contribution in [0.25, 0.3) is 10.4 Å². The van der Waals surface area contributed by atoms with Crippen LogP contribution in [0.2, 0.25) is 0 Å². The highest BCUT2D eigenvalue weighted by Crippen LogP contribution is 2.29. The number of thiophene rings is 1. The van der Waals surface area contributed by atoms with Gasteiger partial charge in [0, 0.05) is 10.6 Å². The van der Waals surface area contributed by atoms with Gasteiger partial charge in [-0.1, -0.05) is 12.1 Å². The summed E-state index contributed by atoms with van der Waals surface area (Å²) in [6.07, 6.45) is 0. The Balaban J connectivity index is 1.75. The van der Waals surface area contributed by atoms with Crippen LogP contribution in [-0.4, -0.2) is 17.0 Å². The normalized spacial score (nSPS) is 10.4. The first-order valence-corrected chi connectivity index (χ1v) is 7.85. The smallest absolute Gasteiger partial charge is 0.335 e. The standard InChI is InChI=1S/C18H12FNO3S/c19-13-5-7-14(8-6-13)20-17(21)16-10-9-15(24-16)11-1-3-12(4-2-11)18(22)23/h1-10H,(H,20,21)(H,22,23). The van der Waals surface area contributed by atoms with Crippen LogP contribution in [0.1, 0.15) is 20.0 Å². The van der Waals surface area contributed by atoms with E-state index in [4.69, 9.17) is 5.11 Å². The molecule has 6 heteroatoms. The van der Waals surface area contributed by atoms with Crippen molar-refractivity contribution in [3.05, 3.63) is 76.9 Å². The number of carbonyl (C=O) groups is 2. The Kier molecular flexibility index (Phi) is 4.39. The first-order chi connectivity index (χ1) is 11.5. The molecule has 0 unspecified atom stereocenters. The zero-order valence-electron chi connectivity index (χ0n) is 12.3. The van der Waals surface area contributed by atoms with E-state index >= 15 is 0 Å². The number of halogens is 1. The topological polar surface area (TPSA) is 66.4 Å². The minimum atomic E-state index is -0.980. The molecule has 4 nitrogen and oxygen atoms in total. The van der Waals surface area contributed by atoms with Crippen molar-refractivity contribution in [1.29, 1.82) is 0 Å². The quantitative estimate of drug-likeness (QED) is 0.734. The van der Waals surface area contributed by atoms with Crippen molar-refractivity contribution in [2.45, 2.75) is 0 Å². The number of carbonyl (C=O) groups excluding carboxylic acids is 1. The van der Waals surface area contributed by atoms with Gasteiger partial charge in [-0.25, -0.2) is 9.18 Å². The van der Waals surface area contributed by atoms with E-state index in [-0.39, 0.29) is 17.3 Å². The summed E-state index contributed by atoms with van der Waals surface area (Å²) in [7, 11) is 0. The Hall–Kier alpha value is -2.99. The number of rotatable bonds is 4. The number of hydrogen-bond donors (Lipinski definition) is 2. The second-order valence-corrected chi connectivity index (χ2v) is 6.09. The van der Waals surface area contributed by atoms with E-state index in [1.54, 1.807) is 24.3 Å². The molecule has 0 bridgehead atoms. The van der Waals surface area contributed by atoms with Crippen LogP contribution in [0.3, 0.4) is 0 Å².